The molecule has 4 nitrogen and oxygen atoms in total. The van der Waals surface area contributed by atoms with Crippen LogP contribution in [0.3, 0.4) is 0 Å². The lowest BCUT2D eigenvalue weighted by Gasteiger charge is -2.24. The number of rotatable bonds is 12. The van der Waals surface area contributed by atoms with Gasteiger partial charge in [0.2, 0.25) is 0 Å². The second-order valence-corrected chi connectivity index (χ2v) is 13.0. The van der Waals surface area contributed by atoms with E-state index in [-0.39, 0.29) is 17.1 Å². The van der Waals surface area contributed by atoms with E-state index in [1.165, 1.54) is 0 Å². The average molecular weight is 588 g/mol. The normalized spacial score (nSPS) is 15.3. The summed E-state index contributed by atoms with van der Waals surface area (Å²) in [6, 6.07) is 22.0. The maximum absolute atomic E-state index is 13.7. The molecule has 4 aromatic rings. The van der Waals surface area contributed by atoms with E-state index in [4.69, 9.17) is 0 Å². The lowest BCUT2D eigenvalue weighted by Crippen LogP contribution is -2.18. The molecule has 1 aliphatic carbocycles. The van der Waals surface area contributed by atoms with Crippen molar-refractivity contribution in [3.8, 4) is 0 Å². The van der Waals surface area contributed by atoms with Crippen LogP contribution in [-0.4, -0.2) is 26.9 Å². The summed E-state index contributed by atoms with van der Waals surface area (Å²) in [4.78, 5) is 15.9. The molecular weight excluding hydrogens is 552 g/mol. The number of fused-ring (bicyclic) bond motifs is 1. The highest BCUT2D eigenvalue weighted by Gasteiger charge is 2.44. The molecule has 1 unspecified atom stereocenters. The summed E-state index contributed by atoms with van der Waals surface area (Å²) in [6.45, 7) is 3.60. The predicted octanol–water partition coefficient (Wildman–Crippen LogP) is 8.57. The molecule has 0 spiro atoms. The van der Waals surface area contributed by atoms with Gasteiger partial charge in [-0.1, -0.05) is 60.7 Å². The Morgan fingerprint density at radius 1 is 1.02 bits per heavy atom. The average Bonchev–Trinajstić information content (AvgIpc) is 3.71. The van der Waals surface area contributed by atoms with Gasteiger partial charge in [-0.2, -0.15) is 11.8 Å². The fourth-order valence-electron chi connectivity index (χ4n) is 5.39. The Morgan fingerprint density at radius 2 is 1.79 bits per heavy atom. The Bertz CT molecular complexity index is 1620. The van der Waals surface area contributed by atoms with E-state index in [0.29, 0.717) is 16.6 Å². The van der Waals surface area contributed by atoms with E-state index in [1.54, 1.807) is 26.0 Å². The number of hydrogen-bond donors (Lipinski definition) is 2. The lowest BCUT2D eigenvalue weighted by molar-refractivity contribution is -0.138. The summed E-state index contributed by atoms with van der Waals surface area (Å²) in [5.41, 5.74) is 4.12. The van der Waals surface area contributed by atoms with Gasteiger partial charge in [0.15, 0.2) is 11.6 Å². The fraction of sp³-hybridized carbons (Fsp3) is 0.314. The molecule has 1 atom stereocenters. The van der Waals surface area contributed by atoms with Crippen LogP contribution < -0.4 is 0 Å². The molecule has 1 heterocycles. The molecule has 0 bridgehead atoms. The van der Waals surface area contributed by atoms with Crippen LogP contribution in [0.25, 0.3) is 23.1 Å². The number of nitrogens with zero attached hydrogens (tertiary/aromatic N) is 1. The molecule has 5 rings (SSSR count). The molecule has 1 fully saturated rings. The van der Waals surface area contributed by atoms with Crippen molar-refractivity contribution in [2.45, 2.75) is 56.8 Å². The molecule has 1 aliphatic rings. The van der Waals surface area contributed by atoms with Gasteiger partial charge in [0.25, 0.3) is 0 Å². The minimum atomic E-state index is -0.944. The summed E-state index contributed by atoms with van der Waals surface area (Å²) >= 11 is 1.82. The summed E-state index contributed by atoms with van der Waals surface area (Å²) in [5, 5.41) is 20.8. The number of halogens is 2. The number of benzene rings is 3. The quantitative estimate of drug-likeness (QED) is 0.174. The lowest BCUT2D eigenvalue weighted by atomic mass is 9.90. The molecule has 1 saturated carbocycles. The van der Waals surface area contributed by atoms with Crippen molar-refractivity contribution < 1.29 is 23.8 Å². The first-order valence-electron chi connectivity index (χ1n) is 14.2. The first-order chi connectivity index (χ1) is 20.0. The highest BCUT2D eigenvalue weighted by molar-refractivity contribution is 7.99. The van der Waals surface area contributed by atoms with Crippen LogP contribution in [0.5, 0.6) is 0 Å². The number of pyridine rings is 1. The van der Waals surface area contributed by atoms with Gasteiger partial charge in [-0.05, 0) is 85.4 Å². The summed E-state index contributed by atoms with van der Waals surface area (Å²) in [7, 11) is 0. The number of aliphatic carboxylic acids is 1. The number of aliphatic hydroxyl groups is 1. The minimum absolute atomic E-state index is 0.124. The number of hydrogen-bond acceptors (Lipinski definition) is 4. The third kappa shape index (κ3) is 7.44. The summed E-state index contributed by atoms with van der Waals surface area (Å²) in [5.74, 6) is -1.77. The van der Waals surface area contributed by atoms with Gasteiger partial charge in [0.1, 0.15) is 0 Å². The first-order valence-corrected chi connectivity index (χ1v) is 15.2. The van der Waals surface area contributed by atoms with Crippen molar-refractivity contribution in [3.63, 3.8) is 0 Å². The van der Waals surface area contributed by atoms with E-state index < -0.39 is 23.2 Å². The van der Waals surface area contributed by atoms with E-state index in [2.05, 4.69) is 23.2 Å². The van der Waals surface area contributed by atoms with Gasteiger partial charge < -0.3 is 10.2 Å². The van der Waals surface area contributed by atoms with E-state index >= 15 is 0 Å². The Labute approximate surface area is 249 Å². The monoisotopic (exact) mass is 587 g/mol. The zero-order valence-electron chi connectivity index (χ0n) is 23.8. The van der Waals surface area contributed by atoms with Crippen LogP contribution in [0.1, 0.15) is 72.7 Å². The molecule has 42 heavy (non-hydrogen) atoms. The van der Waals surface area contributed by atoms with Crippen molar-refractivity contribution in [3.05, 3.63) is 112 Å². The van der Waals surface area contributed by atoms with Crippen molar-refractivity contribution in [2.75, 3.05) is 5.75 Å². The minimum Gasteiger partial charge on any atom is -0.481 e. The molecule has 2 N–H and O–H groups in total. The number of aryl methyl sites for hydroxylation is 1. The molecule has 7 heteroatoms. The Kier molecular flexibility index (Phi) is 8.81. The van der Waals surface area contributed by atoms with Crippen molar-refractivity contribution >= 4 is 40.8 Å². The maximum Gasteiger partial charge on any atom is 0.303 e. The zero-order valence-corrected chi connectivity index (χ0v) is 24.6. The molecule has 1 aromatic heterocycles. The van der Waals surface area contributed by atoms with Gasteiger partial charge in [0, 0.05) is 22.5 Å². The van der Waals surface area contributed by atoms with Crippen LogP contribution in [0.15, 0.2) is 72.8 Å². The highest BCUT2D eigenvalue weighted by atomic mass is 32.2. The summed E-state index contributed by atoms with van der Waals surface area (Å²) < 4.78 is 27.3. The topological polar surface area (TPSA) is 70.4 Å². The Hall–Kier alpha value is -3.55. The van der Waals surface area contributed by atoms with Gasteiger partial charge in [-0.25, -0.2) is 13.8 Å². The van der Waals surface area contributed by atoms with Crippen LogP contribution >= 0.6 is 11.8 Å². The highest BCUT2D eigenvalue weighted by Crippen LogP contribution is 2.53. The van der Waals surface area contributed by atoms with Crippen molar-refractivity contribution in [1.29, 1.82) is 0 Å². The van der Waals surface area contributed by atoms with E-state index in [9.17, 15) is 23.8 Å². The Morgan fingerprint density at radius 3 is 2.52 bits per heavy atom. The van der Waals surface area contributed by atoms with Gasteiger partial charge in [0.05, 0.1) is 23.2 Å². The Balaban J connectivity index is 1.37. The van der Waals surface area contributed by atoms with E-state index in [1.807, 2.05) is 54.2 Å². The fourth-order valence-corrected chi connectivity index (χ4v) is 6.96. The number of carboxylic acid groups (broad SMARTS) is 1. The molecular formula is C35H35F2NO3S. The number of aromatic nitrogens is 1. The van der Waals surface area contributed by atoms with Gasteiger partial charge in [-0.15, -0.1) is 0 Å². The maximum atomic E-state index is 13.7. The molecule has 0 aliphatic heterocycles. The van der Waals surface area contributed by atoms with Crippen molar-refractivity contribution in [2.24, 2.45) is 5.41 Å². The molecule has 3 aromatic carbocycles. The van der Waals surface area contributed by atoms with Crippen LogP contribution in [0.4, 0.5) is 8.78 Å². The number of carboxylic acids is 1. The molecule has 0 amide bonds. The standard InChI is InChI=1S/C35H35F2NO3S/c1-34(2,41)28-9-4-3-7-24(28)12-15-32(42-22-35(16-17-35)21-33(39)40)26-8-5-6-23(18-26)10-13-27-14-11-25-19-29(36)30(37)20-31(25)38-27/h3-11,13-14,18-20,32,41H,12,15-17,21-22H2,1-2H3,(H,39,40). The van der Waals surface area contributed by atoms with Crippen LogP contribution in [-0.2, 0) is 16.8 Å². The second kappa shape index (κ2) is 12.4. The summed E-state index contributed by atoms with van der Waals surface area (Å²) in [6.07, 6.45) is 7.51. The zero-order chi connectivity index (χ0) is 29.9. The van der Waals surface area contributed by atoms with Crippen LogP contribution in [0.2, 0.25) is 0 Å². The molecule has 0 radical (unpaired) electrons. The first kappa shape index (κ1) is 29.9. The number of carbonyl (C=O) groups is 1. The largest absolute Gasteiger partial charge is 0.481 e. The van der Waals surface area contributed by atoms with Crippen LogP contribution in [0, 0.1) is 17.0 Å². The van der Waals surface area contributed by atoms with E-state index in [0.717, 1.165) is 65.8 Å². The second-order valence-electron chi connectivity index (χ2n) is 11.8. The van der Waals surface area contributed by atoms with Gasteiger partial charge in [-0.3, -0.25) is 4.79 Å². The SMILES string of the molecule is CC(C)(O)c1ccccc1CCC(SCC1(CC(=O)O)CC1)c1cccc(C=Cc2ccc3cc(F)c(F)cc3n2)c1. The number of thioether (sulfide) groups is 1. The molecule has 0 saturated heterocycles. The van der Waals surface area contributed by atoms with Crippen molar-refractivity contribution in [1.82, 2.24) is 4.98 Å². The third-order valence-electron chi connectivity index (χ3n) is 7.91. The third-order valence-corrected chi connectivity index (χ3v) is 9.60. The van der Waals surface area contributed by atoms with Gasteiger partial charge >= 0.3 is 5.97 Å². The molecule has 218 valence electrons. The predicted molar refractivity (Wildman–Crippen MR) is 166 cm³/mol. The smallest absolute Gasteiger partial charge is 0.303 e.